The second-order valence-electron chi connectivity index (χ2n) is 9.63. The van der Waals surface area contributed by atoms with Crippen LogP contribution in [0.25, 0.3) is 10.9 Å². The molecule has 1 aromatic heterocycles. The van der Waals surface area contributed by atoms with Crippen molar-refractivity contribution in [1.82, 2.24) is 20.0 Å². The fourth-order valence-electron chi connectivity index (χ4n) is 5.47. The van der Waals surface area contributed by atoms with Gasteiger partial charge in [-0.3, -0.25) is 19.1 Å². The quantitative estimate of drug-likeness (QED) is 0.564. The lowest BCUT2D eigenvalue weighted by Gasteiger charge is -2.27. The molecule has 6 rings (SSSR count). The largest absolute Gasteiger partial charge is 0.364 e. The number of aromatic nitrogens is 2. The first kappa shape index (κ1) is 21.7. The molecule has 35 heavy (non-hydrogen) atoms. The minimum absolute atomic E-state index is 0.0141. The summed E-state index contributed by atoms with van der Waals surface area (Å²) in [6.45, 7) is -0.117. The smallest absolute Gasteiger partial charge is 0.269 e. The van der Waals surface area contributed by atoms with Gasteiger partial charge in [0.05, 0.1) is 5.52 Å². The van der Waals surface area contributed by atoms with Gasteiger partial charge >= 0.3 is 0 Å². The third-order valence-corrected chi connectivity index (χ3v) is 7.35. The van der Waals surface area contributed by atoms with Gasteiger partial charge in [-0.2, -0.15) is 5.10 Å². The summed E-state index contributed by atoms with van der Waals surface area (Å²) in [5.41, 5.74) is 6.55. The Kier molecular flexibility index (Phi) is 4.87. The van der Waals surface area contributed by atoms with Crippen molar-refractivity contribution in [3.8, 4) is 0 Å². The molecule has 5 atom stereocenters. The van der Waals surface area contributed by atoms with Crippen LogP contribution in [0.5, 0.6) is 0 Å². The van der Waals surface area contributed by atoms with E-state index >= 15 is 0 Å². The number of likely N-dealkylation sites (tertiary alicyclic amines) is 1. The molecule has 3 aromatic rings. The Morgan fingerprint density at radius 2 is 1.89 bits per heavy atom. The van der Waals surface area contributed by atoms with Crippen LogP contribution in [0, 0.1) is 17.6 Å². The lowest BCUT2D eigenvalue weighted by atomic mass is 10.1. The number of hydrogen-bond acceptors (Lipinski definition) is 4. The Morgan fingerprint density at radius 3 is 2.66 bits per heavy atom. The van der Waals surface area contributed by atoms with Crippen LogP contribution in [-0.2, 0) is 16.1 Å². The van der Waals surface area contributed by atoms with E-state index in [1.807, 2.05) is 0 Å². The Labute approximate surface area is 199 Å². The van der Waals surface area contributed by atoms with E-state index in [1.54, 1.807) is 29.2 Å². The minimum atomic E-state index is -0.676. The van der Waals surface area contributed by atoms with Gasteiger partial charge < -0.3 is 16.0 Å². The molecule has 3 amide bonds. The van der Waals surface area contributed by atoms with Crippen molar-refractivity contribution in [3.63, 3.8) is 0 Å². The molecular formula is C25H23F2N5O3. The van der Waals surface area contributed by atoms with Crippen molar-refractivity contribution >= 4 is 28.6 Å². The summed E-state index contributed by atoms with van der Waals surface area (Å²) in [5.74, 6) is -2.37. The molecule has 1 saturated heterocycles. The van der Waals surface area contributed by atoms with Crippen molar-refractivity contribution in [2.24, 2.45) is 11.7 Å². The van der Waals surface area contributed by atoms with E-state index < -0.39 is 23.6 Å². The van der Waals surface area contributed by atoms with Crippen LogP contribution in [0.2, 0.25) is 0 Å². The monoisotopic (exact) mass is 479 g/mol. The SMILES string of the molecule is NC(=O)c1nn(CC(=O)N2[C@@H]3C[C@@H]3C[C@H]2C(=O)N[C@@H]2C[C@@H]2c2ccc(F)cc2F)c2ccccc12. The van der Waals surface area contributed by atoms with E-state index in [-0.39, 0.29) is 48.0 Å². The number of carbonyl (C=O) groups is 3. The van der Waals surface area contributed by atoms with Gasteiger partial charge in [-0.1, -0.05) is 24.3 Å². The summed E-state index contributed by atoms with van der Waals surface area (Å²) in [6, 6.07) is 9.67. The molecule has 8 nitrogen and oxygen atoms in total. The van der Waals surface area contributed by atoms with E-state index in [4.69, 9.17) is 5.73 Å². The molecule has 3 aliphatic rings. The van der Waals surface area contributed by atoms with Crippen LogP contribution in [0.1, 0.15) is 41.2 Å². The predicted octanol–water partition coefficient (Wildman–Crippen LogP) is 2.08. The first-order valence-electron chi connectivity index (χ1n) is 11.6. The second kappa shape index (κ2) is 7.86. The van der Waals surface area contributed by atoms with Gasteiger partial charge in [-0.15, -0.1) is 0 Å². The molecule has 1 aliphatic heterocycles. The van der Waals surface area contributed by atoms with Crippen LogP contribution in [-0.4, -0.2) is 50.5 Å². The van der Waals surface area contributed by atoms with Crippen LogP contribution >= 0.6 is 0 Å². The topological polar surface area (TPSA) is 110 Å². The first-order valence-corrected chi connectivity index (χ1v) is 11.6. The molecule has 10 heteroatoms. The summed E-state index contributed by atoms with van der Waals surface area (Å²) < 4.78 is 28.8. The van der Waals surface area contributed by atoms with Gasteiger partial charge in [0.2, 0.25) is 11.8 Å². The Bertz CT molecular complexity index is 1390. The predicted molar refractivity (Wildman–Crippen MR) is 121 cm³/mol. The molecule has 0 spiro atoms. The highest BCUT2D eigenvalue weighted by atomic mass is 19.1. The fraction of sp³-hybridized carbons (Fsp3) is 0.360. The molecule has 2 saturated carbocycles. The molecule has 180 valence electrons. The maximum atomic E-state index is 14.1. The van der Waals surface area contributed by atoms with E-state index in [1.165, 1.54) is 16.8 Å². The van der Waals surface area contributed by atoms with Crippen LogP contribution in [0.15, 0.2) is 42.5 Å². The van der Waals surface area contributed by atoms with Crippen LogP contribution in [0.4, 0.5) is 8.78 Å². The van der Waals surface area contributed by atoms with Crippen molar-refractivity contribution < 1.29 is 23.2 Å². The molecule has 0 bridgehead atoms. The number of fused-ring (bicyclic) bond motifs is 2. The van der Waals surface area contributed by atoms with Gasteiger partial charge in [-0.25, -0.2) is 8.78 Å². The highest BCUT2D eigenvalue weighted by molar-refractivity contribution is 6.04. The zero-order valence-electron chi connectivity index (χ0n) is 18.7. The Hall–Kier alpha value is -3.82. The number of amides is 3. The summed E-state index contributed by atoms with van der Waals surface area (Å²) in [5, 5.41) is 7.77. The lowest BCUT2D eigenvalue weighted by molar-refractivity contribution is -0.140. The van der Waals surface area contributed by atoms with Crippen LogP contribution in [0.3, 0.4) is 0 Å². The average Bonchev–Trinajstić information content (AvgIpc) is 3.69. The summed E-state index contributed by atoms with van der Waals surface area (Å²) in [7, 11) is 0. The van der Waals surface area contributed by atoms with Crippen molar-refractivity contribution in [2.75, 3.05) is 0 Å². The minimum Gasteiger partial charge on any atom is -0.364 e. The number of nitrogens with zero attached hydrogens (tertiary/aromatic N) is 3. The molecule has 0 radical (unpaired) electrons. The van der Waals surface area contributed by atoms with Gasteiger partial charge in [0.1, 0.15) is 24.2 Å². The first-order chi connectivity index (χ1) is 16.8. The number of primary amides is 1. The van der Waals surface area contributed by atoms with Crippen molar-refractivity contribution in [3.05, 3.63) is 65.4 Å². The van der Waals surface area contributed by atoms with E-state index in [0.29, 0.717) is 29.3 Å². The number of piperidine rings is 1. The highest BCUT2D eigenvalue weighted by Gasteiger charge is 2.56. The third kappa shape index (κ3) is 3.73. The van der Waals surface area contributed by atoms with E-state index in [2.05, 4.69) is 10.4 Å². The average molecular weight is 479 g/mol. The zero-order chi connectivity index (χ0) is 24.4. The Morgan fingerprint density at radius 1 is 1.09 bits per heavy atom. The number of para-hydroxylation sites is 1. The number of hydrogen-bond donors (Lipinski definition) is 2. The lowest BCUT2D eigenvalue weighted by Crippen LogP contribution is -2.49. The Balaban J connectivity index is 1.17. The zero-order valence-corrected chi connectivity index (χ0v) is 18.7. The number of nitrogens with one attached hydrogen (secondary N) is 1. The van der Waals surface area contributed by atoms with Crippen molar-refractivity contribution in [2.45, 2.75) is 49.9 Å². The summed E-state index contributed by atoms with van der Waals surface area (Å²) in [4.78, 5) is 39.9. The molecule has 3 N–H and O–H groups in total. The standard InChI is InChI=1S/C25H23F2N5O3/c26-13-5-6-14(17(27)9-13)16-10-18(16)29-25(35)21-8-12-7-20(12)32(21)22(33)11-31-19-4-2-1-3-15(19)23(30-31)24(28)34/h1-6,9,12,16,18,20-21H,7-8,10-11H2,(H2,28,34)(H,29,35)/t12-,16-,18-,20-,21+/m1/s1. The maximum absolute atomic E-state index is 14.1. The number of rotatable bonds is 6. The molecular weight excluding hydrogens is 456 g/mol. The summed E-state index contributed by atoms with van der Waals surface area (Å²) >= 11 is 0. The number of nitrogens with two attached hydrogens (primary N) is 1. The van der Waals surface area contributed by atoms with Gasteiger partial charge in [-0.05, 0) is 42.9 Å². The number of halogens is 2. The molecule has 2 aromatic carbocycles. The van der Waals surface area contributed by atoms with E-state index in [9.17, 15) is 23.2 Å². The van der Waals surface area contributed by atoms with Gasteiger partial charge in [0, 0.05) is 29.5 Å². The molecule has 2 aliphatic carbocycles. The molecule has 0 unspecified atom stereocenters. The number of benzene rings is 2. The van der Waals surface area contributed by atoms with Gasteiger partial charge in [0.25, 0.3) is 5.91 Å². The van der Waals surface area contributed by atoms with Crippen molar-refractivity contribution in [1.29, 1.82) is 0 Å². The molecule has 2 heterocycles. The molecule has 3 fully saturated rings. The highest BCUT2D eigenvalue weighted by Crippen LogP contribution is 2.49. The summed E-state index contributed by atoms with van der Waals surface area (Å²) in [6.07, 6.45) is 2.00. The second-order valence-corrected chi connectivity index (χ2v) is 9.63. The third-order valence-electron chi connectivity index (χ3n) is 7.35. The van der Waals surface area contributed by atoms with Gasteiger partial charge in [0.15, 0.2) is 5.69 Å². The fourth-order valence-corrected chi connectivity index (χ4v) is 5.47. The maximum Gasteiger partial charge on any atom is 0.269 e. The number of carbonyl (C=O) groups excluding carboxylic acids is 3. The normalized spacial score (nSPS) is 26.5. The van der Waals surface area contributed by atoms with Crippen LogP contribution < -0.4 is 11.1 Å². The van der Waals surface area contributed by atoms with E-state index in [0.717, 1.165) is 12.5 Å².